The summed E-state index contributed by atoms with van der Waals surface area (Å²) < 4.78 is 18.9. The Balaban J connectivity index is 2.12. The van der Waals surface area contributed by atoms with Crippen molar-refractivity contribution in [2.24, 2.45) is 0 Å². The van der Waals surface area contributed by atoms with Crippen molar-refractivity contribution in [3.63, 3.8) is 0 Å². The van der Waals surface area contributed by atoms with Gasteiger partial charge in [0.25, 0.3) is 5.91 Å². The van der Waals surface area contributed by atoms with Crippen molar-refractivity contribution in [2.75, 3.05) is 19.7 Å². The van der Waals surface area contributed by atoms with Gasteiger partial charge in [0.1, 0.15) is 0 Å². The fraction of sp³-hybridized carbons (Fsp3) is 0.533. The first-order valence-corrected chi connectivity index (χ1v) is 6.94. The molecule has 0 atom stereocenters. The quantitative estimate of drug-likeness (QED) is 0.839. The van der Waals surface area contributed by atoms with Gasteiger partial charge in [0.05, 0.1) is 6.61 Å². The molecule has 2 rings (SSSR count). The number of rotatable bonds is 3. The average Bonchev–Trinajstić information content (AvgIpc) is 2.69. The highest BCUT2D eigenvalue weighted by atomic mass is 19.1. The molecule has 104 valence electrons. The van der Waals surface area contributed by atoms with E-state index < -0.39 is 5.82 Å². The van der Waals surface area contributed by atoms with E-state index in [1.807, 2.05) is 4.90 Å². The minimum atomic E-state index is -0.470. The SMILES string of the molecule is CCOc1ccc(C(=O)N2CCCCCC2)cc1F. The van der Waals surface area contributed by atoms with Crippen LogP contribution >= 0.6 is 0 Å². The van der Waals surface area contributed by atoms with Gasteiger partial charge in [0.2, 0.25) is 0 Å². The zero-order valence-corrected chi connectivity index (χ0v) is 11.3. The molecule has 1 fully saturated rings. The first-order chi connectivity index (χ1) is 9.22. The number of halogens is 1. The van der Waals surface area contributed by atoms with E-state index in [0.717, 1.165) is 25.9 Å². The lowest BCUT2D eigenvalue weighted by atomic mass is 10.1. The van der Waals surface area contributed by atoms with E-state index in [4.69, 9.17) is 4.74 Å². The molecule has 4 heteroatoms. The van der Waals surface area contributed by atoms with Crippen LogP contribution in [0.4, 0.5) is 4.39 Å². The molecule has 1 saturated heterocycles. The van der Waals surface area contributed by atoms with Crippen LogP contribution in [0.2, 0.25) is 0 Å². The molecule has 0 radical (unpaired) electrons. The highest BCUT2D eigenvalue weighted by Crippen LogP contribution is 2.20. The van der Waals surface area contributed by atoms with Crippen molar-refractivity contribution in [2.45, 2.75) is 32.6 Å². The topological polar surface area (TPSA) is 29.5 Å². The molecule has 19 heavy (non-hydrogen) atoms. The van der Waals surface area contributed by atoms with Crippen LogP contribution in [-0.4, -0.2) is 30.5 Å². The number of hydrogen-bond donors (Lipinski definition) is 0. The third-order valence-electron chi connectivity index (χ3n) is 3.37. The van der Waals surface area contributed by atoms with E-state index in [1.165, 1.54) is 25.0 Å². The largest absolute Gasteiger partial charge is 0.491 e. The number of likely N-dealkylation sites (tertiary alicyclic amines) is 1. The minimum absolute atomic E-state index is 0.0798. The van der Waals surface area contributed by atoms with Gasteiger partial charge in [-0.1, -0.05) is 12.8 Å². The number of carbonyl (C=O) groups is 1. The third kappa shape index (κ3) is 3.46. The van der Waals surface area contributed by atoms with Crippen LogP contribution in [0.3, 0.4) is 0 Å². The van der Waals surface area contributed by atoms with Crippen LogP contribution in [0.5, 0.6) is 5.75 Å². The number of nitrogens with zero attached hydrogens (tertiary/aromatic N) is 1. The summed E-state index contributed by atoms with van der Waals surface area (Å²) in [4.78, 5) is 14.1. The van der Waals surface area contributed by atoms with Crippen LogP contribution in [0.1, 0.15) is 43.0 Å². The summed E-state index contributed by atoms with van der Waals surface area (Å²) in [6.07, 6.45) is 4.40. The number of ether oxygens (including phenoxy) is 1. The lowest BCUT2D eigenvalue weighted by molar-refractivity contribution is 0.0761. The highest BCUT2D eigenvalue weighted by Gasteiger charge is 2.18. The van der Waals surface area contributed by atoms with Gasteiger partial charge in [-0.15, -0.1) is 0 Å². The lowest BCUT2D eigenvalue weighted by Crippen LogP contribution is -2.31. The Morgan fingerprint density at radius 3 is 2.53 bits per heavy atom. The molecule has 0 spiro atoms. The van der Waals surface area contributed by atoms with Gasteiger partial charge in [-0.25, -0.2) is 4.39 Å². The van der Waals surface area contributed by atoms with E-state index in [0.29, 0.717) is 12.2 Å². The van der Waals surface area contributed by atoms with Gasteiger partial charge >= 0.3 is 0 Å². The number of amides is 1. The second-order valence-corrected chi connectivity index (χ2v) is 4.78. The maximum absolute atomic E-state index is 13.7. The average molecular weight is 265 g/mol. The summed E-state index contributed by atoms with van der Waals surface area (Å²) in [6, 6.07) is 4.45. The molecule has 1 aliphatic rings. The molecule has 0 unspecified atom stereocenters. The van der Waals surface area contributed by atoms with Crippen LogP contribution in [0, 0.1) is 5.82 Å². The summed E-state index contributed by atoms with van der Waals surface area (Å²) in [7, 11) is 0. The number of carbonyl (C=O) groups excluding carboxylic acids is 1. The molecule has 0 bridgehead atoms. The molecule has 0 aliphatic carbocycles. The Hall–Kier alpha value is -1.58. The smallest absolute Gasteiger partial charge is 0.253 e. The van der Waals surface area contributed by atoms with E-state index in [1.54, 1.807) is 13.0 Å². The second-order valence-electron chi connectivity index (χ2n) is 4.78. The van der Waals surface area contributed by atoms with E-state index >= 15 is 0 Å². The molecule has 0 N–H and O–H groups in total. The maximum Gasteiger partial charge on any atom is 0.253 e. The first-order valence-electron chi connectivity index (χ1n) is 6.94. The molecular formula is C15H20FNO2. The molecule has 1 aromatic rings. The Morgan fingerprint density at radius 1 is 1.26 bits per heavy atom. The Bertz CT molecular complexity index is 440. The third-order valence-corrected chi connectivity index (χ3v) is 3.37. The van der Waals surface area contributed by atoms with Gasteiger partial charge in [0, 0.05) is 18.7 Å². The van der Waals surface area contributed by atoms with Crippen molar-refractivity contribution in [3.05, 3.63) is 29.6 Å². The predicted molar refractivity (Wildman–Crippen MR) is 71.9 cm³/mol. The second kappa shape index (κ2) is 6.55. The van der Waals surface area contributed by atoms with E-state index in [9.17, 15) is 9.18 Å². The fourth-order valence-electron chi connectivity index (χ4n) is 2.36. The summed E-state index contributed by atoms with van der Waals surface area (Å²) in [5, 5.41) is 0. The van der Waals surface area contributed by atoms with Crippen molar-refractivity contribution >= 4 is 5.91 Å². The molecular weight excluding hydrogens is 245 g/mol. The molecule has 1 heterocycles. The van der Waals surface area contributed by atoms with Crippen molar-refractivity contribution in [3.8, 4) is 5.75 Å². The van der Waals surface area contributed by atoms with E-state index in [2.05, 4.69) is 0 Å². The first kappa shape index (κ1) is 13.8. The van der Waals surface area contributed by atoms with Gasteiger partial charge in [0.15, 0.2) is 11.6 Å². The van der Waals surface area contributed by atoms with E-state index in [-0.39, 0.29) is 11.7 Å². The van der Waals surface area contributed by atoms with Gasteiger partial charge in [-0.05, 0) is 38.0 Å². The van der Waals surface area contributed by atoms with Gasteiger partial charge in [-0.3, -0.25) is 4.79 Å². The Morgan fingerprint density at radius 2 is 1.95 bits per heavy atom. The van der Waals surface area contributed by atoms with Crippen molar-refractivity contribution < 1.29 is 13.9 Å². The summed E-state index contributed by atoms with van der Waals surface area (Å²) >= 11 is 0. The predicted octanol–water partition coefficient (Wildman–Crippen LogP) is 3.24. The zero-order valence-electron chi connectivity index (χ0n) is 11.3. The number of hydrogen-bond acceptors (Lipinski definition) is 2. The summed E-state index contributed by atoms with van der Waals surface area (Å²) in [5.41, 5.74) is 0.405. The van der Waals surface area contributed by atoms with Crippen molar-refractivity contribution in [1.82, 2.24) is 4.90 Å². The molecule has 0 saturated carbocycles. The Kier molecular flexibility index (Phi) is 4.77. The Labute approximate surface area is 113 Å². The van der Waals surface area contributed by atoms with Gasteiger partial charge < -0.3 is 9.64 Å². The normalized spacial score (nSPS) is 16.0. The highest BCUT2D eigenvalue weighted by molar-refractivity contribution is 5.94. The van der Waals surface area contributed by atoms with Crippen LogP contribution in [0.15, 0.2) is 18.2 Å². The standard InChI is InChI=1S/C15H20FNO2/c1-2-19-14-8-7-12(11-13(14)16)15(18)17-9-5-3-4-6-10-17/h7-8,11H,2-6,9-10H2,1H3. The van der Waals surface area contributed by atoms with Crippen LogP contribution < -0.4 is 4.74 Å². The summed E-state index contributed by atoms with van der Waals surface area (Å²) in [5.74, 6) is -0.346. The molecule has 1 aromatic carbocycles. The molecule has 0 aromatic heterocycles. The minimum Gasteiger partial charge on any atom is -0.491 e. The zero-order chi connectivity index (χ0) is 13.7. The number of benzene rings is 1. The fourth-order valence-corrected chi connectivity index (χ4v) is 2.36. The maximum atomic E-state index is 13.7. The monoisotopic (exact) mass is 265 g/mol. The summed E-state index contributed by atoms with van der Waals surface area (Å²) in [6.45, 7) is 3.76. The van der Waals surface area contributed by atoms with Crippen LogP contribution in [0.25, 0.3) is 0 Å². The van der Waals surface area contributed by atoms with Gasteiger partial charge in [-0.2, -0.15) is 0 Å². The van der Waals surface area contributed by atoms with Crippen LogP contribution in [-0.2, 0) is 0 Å². The molecule has 3 nitrogen and oxygen atoms in total. The lowest BCUT2D eigenvalue weighted by Gasteiger charge is -2.20. The molecule has 1 amide bonds. The molecule has 1 aliphatic heterocycles. The van der Waals surface area contributed by atoms with Crippen molar-refractivity contribution in [1.29, 1.82) is 0 Å².